The maximum Gasteiger partial charge on any atom is 0.393 e. The normalized spacial score (nSPS) is 15.7. The van der Waals surface area contributed by atoms with Crippen molar-refractivity contribution >= 4 is 17.5 Å². The Morgan fingerprint density at radius 1 is 0.739 bits per heavy atom. The number of alkyl halides is 6. The van der Waals surface area contributed by atoms with E-state index < -0.39 is 48.1 Å². The summed E-state index contributed by atoms with van der Waals surface area (Å²) in [5, 5.41) is 0. The number of amides is 2. The topological polar surface area (TPSA) is 37.4 Å². The number of halogens is 6. The van der Waals surface area contributed by atoms with Crippen LogP contribution < -0.4 is 4.90 Å². The molecule has 0 saturated carbocycles. The van der Waals surface area contributed by atoms with Crippen molar-refractivity contribution in [3.8, 4) is 0 Å². The van der Waals surface area contributed by atoms with Crippen LogP contribution in [-0.2, 0) is 22.4 Å². The van der Waals surface area contributed by atoms with E-state index in [4.69, 9.17) is 0 Å². The van der Waals surface area contributed by atoms with E-state index in [0.717, 1.165) is 30.4 Å². The van der Waals surface area contributed by atoms with Gasteiger partial charge >= 0.3 is 12.4 Å². The molecule has 23 heavy (non-hydrogen) atoms. The molecule has 0 bridgehead atoms. The van der Waals surface area contributed by atoms with Gasteiger partial charge in [-0.15, -0.1) is 0 Å². The smallest absolute Gasteiger partial charge is 0.269 e. The molecule has 0 saturated heterocycles. The molecule has 1 aromatic rings. The fourth-order valence-corrected chi connectivity index (χ4v) is 2.19. The Bertz CT molecular complexity index is 623. The summed E-state index contributed by atoms with van der Waals surface area (Å²) in [5.74, 6) is -1.64. The Morgan fingerprint density at radius 3 is 1.48 bits per heavy atom. The third-order valence-corrected chi connectivity index (χ3v) is 2.91. The van der Waals surface area contributed by atoms with Crippen LogP contribution in [0.1, 0.15) is 11.1 Å². The van der Waals surface area contributed by atoms with Gasteiger partial charge in [-0.1, -0.05) is 6.07 Å². The number of rotatable bonds is 3. The van der Waals surface area contributed by atoms with Crippen LogP contribution in [0.5, 0.6) is 0 Å². The molecule has 0 radical (unpaired) electrons. The van der Waals surface area contributed by atoms with Crippen molar-refractivity contribution in [2.24, 2.45) is 0 Å². The van der Waals surface area contributed by atoms with Gasteiger partial charge in [0, 0.05) is 12.2 Å². The summed E-state index contributed by atoms with van der Waals surface area (Å²) in [7, 11) is 0. The lowest BCUT2D eigenvalue weighted by molar-refractivity contribution is -0.127. The van der Waals surface area contributed by atoms with Crippen molar-refractivity contribution in [1.82, 2.24) is 0 Å². The van der Waals surface area contributed by atoms with Gasteiger partial charge in [0.2, 0.25) is 0 Å². The minimum absolute atomic E-state index is 0.314. The van der Waals surface area contributed by atoms with Gasteiger partial charge in [0.15, 0.2) is 0 Å². The van der Waals surface area contributed by atoms with Crippen LogP contribution in [0.4, 0.5) is 32.0 Å². The van der Waals surface area contributed by atoms with Crippen LogP contribution in [0.25, 0.3) is 0 Å². The monoisotopic (exact) mass is 337 g/mol. The van der Waals surface area contributed by atoms with Crippen LogP contribution >= 0.6 is 0 Å². The molecule has 2 amide bonds. The fourth-order valence-electron chi connectivity index (χ4n) is 2.19. The van der Waals surface area contributed by atoms with E-state index in [-0.39, 0.29) is 5.69 Å². The van der Waals surface area contributed by atoms with Gasteiger partial charge in [-0.3, -0.25) is 9.59 Å². The zero-order chi connectivity index (χ0) is 17.4. The molecule has 124 valence electrons. The highest BCUT2D eigenvalue weighted by Crippen LogP contribution is 2.30. The molecule has 0 unspecified atom stereocenters. The summed E-state index contributed by atoms with van der Waals surface area (Å²) in [6.07, 6.45) is -10.4. The lowest BCUT2D eigenvalue weighted by Crippen LogP contribution is -2.30. The molecule has 1 aliphatic rings. The SMILES string of the molecule is O=C1C=CC(=O)N1c1cc(CC(F)(F)F)cc(CC(F)(F)F)c1. The Labute approximate surface area is 126 Å². The highest BCUT2D eigenvalue weighted by molar-refractivity contribution is 6.28. The first-order valence-electron chi connectivity index (χ1n) is 6.27. The molecular formula is C14H9F6NO2. The number of imide groups is 1. The molecule has 0 aliphatic carbocycles. The van der Waals surface area contributed by atoms with E-state index in [9.17, 15) is 35.9 Å². The van der Waals surface area contributed by atoms with Crippen LogP contribution in [0, 0.1) is 0 Å². The lowest BCUT2D eigenvalue weighted by Gasteiger charge is -2.18. The average Bonchev–Trinajstić information content (AvgIpc) is 2.64. The summed E-state index contributed by atoms with van der Waals surface area (Å²) in [4.78, 5) is 23.6. The van der Waals surface area contributed by atoms with Gasteiger partial charge in [-0.05, 0) is 23.3 Å². The standard InChI is InChI=1S/C14H9F6NO2/c15-13(16,17)6-8-3-9(7-14(18,19)20)5-10(4-8)21-11(22)1-2-12(21)23/h1-5H,6-7H2. The third kappa shape index (κ3) is 4.57. The Morgan fingerprint density at radius 2 is 1.13 bits per heavy atom. The van der Waals surface area contributed by atoms with E-state index >= 15 is 0 Å². The van der Waals surface area contributed by atoms with E-state index in [0.29, 0.717) is 4.90 Å². The van der Waals surface area contributed by atoms with Gasteiger partial charge in [0.05, 0.1) is 18.5 Å². The minimum Gasteiger partial charge on any atom is -0.269 e. The quantitative estimate of drug-likeness (QED) is 0.627. The van der Waals surface area contributed by atoms with Crippen molar-refractivity contribution in [2.45, 2.75) is 25.2 Å². The summed E-state index contributed by atoms with van der Waals surface area (Å²) in [5.41, 5.74) is -1.23. The van der Waals surface area contributed by atoms with Crippen LogP contribution in [0.15, 0.2) is 30.4 Å². The van der Waals surface area contributed by atoms with Gasteiger partial charge in [0.25, 0.3) is 11.8 Å². The number of benzene rings is 1. The predicted molar refractivity (Wildman–Crippen MR) is 67.6 cm³/mol. The third-order valence-electron chi connectivity index (χ3n) is 2.91. The van der Waals surface area contributed by atoms with Gasteiger partial charge in [0.1, 0.15) is 0 Å². The van der Waals surface area contributed by atoms with Crippen molar-refractivity contribution in [1.29, 1.82) is 0 Å². The van der Waals surface area contributed by atoms with Gasteiger partial charge < -0.3 is 0 Å². The van der Waals surface area contributed by atoms with Gasteiger partial charge in [-0.25, -0.2) is 4.90 Å². The van der Waals surface area contributed by atoms with E-state index in [1.54, 1.807) is 0 Å². The molecule has 0 atom stereocenters. The number of carbonyl (C=O) groups excluding carboxylic acids is 2. The first-order valence-corrected chi connectivity index (χ1v) is 6.27. The number of nitrogens with zero attached hydrogens (tertiary/aromatic N) is 1. The Hall–Kier alpha value is -2.32. The lowest BCUT2D eigenvalue weighted by atomic mass is 10.0. The Balaban J connectivity index is 2.44. The minimum atomic E-state index is -4.63. The molecule has 0 fully saturated rings. The zero-order valence-electron chi connectivity index (χ0n) is 11.3. The number of anilines is 1. The number of hydrogen-bond acceptors (Lipinski definition) is 2. The number of carbonyl (C=O) groups is 2. The summed E-state index contributed by atoms with van der Waals surface area (Å²) in [6, 6.07) is 2.54. The molecule has 1 heterocycles. The van der Waals surface area contributed by atoms with Crippen molar-refractivity contribution in [3.05, 3.63) is 41.5 Å². The summed E-state index contributed by atoms with van der Waals surface area (Å²) < 4.78 is 74.9. The number of hydrogen-bond donors (Lipinski definition) is 0. The molecule has 1 aliphatic heterocycles. The van der Waals surface area contributed by atoms with E-state index in [1.807, 2.05) is 0 Å². The molecule has 3 nitrogen and oxygen atoms in total. The van der Waals surface area contributed by atoms with E-state index in [2.05, 4.69) is 0 Å². The van der Waals surface area contributed by atoms with Crippen molar-refractivity contribution < 1.29 is 35.9 Å². The molecule has 1 aromatic carbocycles. The highest BCUT2D eigenvalue weighted by Gasteiger charge is 2.32. The maximum atomic E-state index is 12.5. The first kappa shape index (κ1) is 17.0. The molecule has 2 rings (SSSR count). The van der Waals surface area contributed by atoms with Crippen molar-refractivity contribution in [3.63, 3.8) is 0 Å². The molecule has 0 aromatic heterocycles. The van der Waals surface area contributed by atoms with Crippen molar-refractivity contribution in [2.75, 3.05) is 4.90 Å². The van der Waals surface area contributed by atoms with Gasteiger partial charge in [-0.2, -0.15) is 26.3 Å². The average molecular weight is 337 g/mol. The predicted octanol–water partition coefficient (Wildman–Crippen LogP) is 3.33. The second kappa shape index (κ2) is 5.71. The van der Waals surface area contributed by atoms with Crippen LogP contribution in [0.2, 0.25) is 0 Å². The maximum absolute atomic E-state index is 12.5. The summed E-state index contributed by atoms with van der Waals surface area (Å²) in [6.45, 7) is 0. The second-order valence-electron chi connectivity index (χ2n) is 4.94. The second-order valence-corrected chi connectivity index (χ2v) is 4.94. The largest absolute Gasteiger partial charge is 0.393 e. The molecular weight excluding hydrogens is 328 g/mol. The van der Waals surface area contributed by atoms with Crippen LogP contribution in [0.3, 0.4) is 0 Å². The Kier molecular flexibility index (Phi) is 4.23. The summed E-state index contributed by atoms with van der Waals surface area (Å²) >= 11 is 0. The first-order chi connectivity index (χ1) is 10.4. The van der Waals surface area contributed by atoms with E-state index in [1.165, 1.54) is 0 Å². The molecule has 0 N–H and O–H groups in total. The molecule has 9 heteroatoms. The van der Waals surface area contributed by atoms with Crippen LogP contribution in [-0.4, -0.2) is 24.2 Å². The molecule has 0 spiro atoms. The highest BCUT2D eigenvalue weighted by atomic mass is 19.4. The zero-order valence-corrected chi connectivity index (χ0v) is 11.3. The fraction of sp³-hybridized carbons (Fsp3) is 0.286.